The molecule has 1 aliphatic rings. The van der Waals surface area contributed by atoms with Gasteiger partial charge in [-0.2, -0.15) is 0 Å². The molecule has 0 aliphatic carbocycles. The maximum atomic E-state index is 12.7. The average Bonchev–Trinajstić information content (AvgIpc) is 2.57. The Morgan fingerprint density at radius 2 is 2.00 bits per heavy atom. The number of amides is 1. The summed E-state index contributed by atoms with van der Waals surface area (Å²) in [6, 6.07) is 8.56. The SMILES string of the molecule is O=C(c1cc(Cl)ccc1Cl)N1CCCC(Oc2ccncc2)C1. The van der Waals surface area contributed by atoms with E-state index in [1.165, 1.54) is 0 Å². The van der Waals surface area contributed by atoms with Crippen molar-refractivity contribution >= 4 is 29.1 Å². The zero-order valence-corrected chi connectivity index (χ0v) is 13.9. The number of aromatic nitrogens is 1. The fourth-order valence-electron chi connectivity index (χ4n) is 2.66. The highest BCUT2D eigenvalue weighted by Gasteiger charge is 2.26. The molecule has 1 fully saturated rings. The molecule has 0 saturated carbocycles. The van der Waals surface area contributed by atoms with Gasteiger partial charge in [0.1, 0.15) is 11.9 Å². The highest BCUT2D eigenvalue weighted by atomic mass is 35.5. The van der Waals surface area contributed by atoms with E-state index in [-0.39, 0.29) is 12.0 Å². The third kappa shape index (κ3) is 3.95. The van der Waals surface area contributed by atoms with Crippen molar-refractivity contribution in [3.05, 3.63) is 58.3 Å². The van der Waals surface area contributed by atoms with E-state index in [9.17, 15) is 4.79 Å². The molecule has 120 valence electrons. The number of hydrogen-bond acceptors (Lipinski definition) is 3. The summed E-state index contributed by atoms with van der Waals surface area (Å²) in [6.07, 6.45) is 5.14. The average molecular weight is 351 g/mol. The number of rotatable bonds is 3. The molecule has 1 unspecified atom stereocenters. The summed E-state index contributed by atoms with van der Waals surface area (Å²) >= 11 is 12.1. The summed E-state index contributed by atoms with van der Waals surface area (Å²) in [7, 11) is 0. The van der Waals surface area contributed by atoms with Crippen LogP contribution in [0.15, 0.2) is 42.7 Å². The lowest BCUT2D eigenvalue weighted by Gasteiger charge is -2.33. The monoisotopic (exact) mass is 350 g/mol. The van der Waals surface area contributed by atoms with Crippen LogP contribution in [0.25, 0.3) is 0 Å². The molecule has 2 aromatic rings. The second kappa shape index (κ2) is 7.20. The lowest BCUT2D eigenvalue weighted by atomic mass is 10.1. The lowest BCUT2D eigenvalue weighted by Crippen LogP contribution is -2.44. The quantitative estimate of drug-likeness (QED) is 0.837. The van der Waals surface area contributed by atoms with Crippen LogP contribution in [0.1, 0.15) is 23.2 Å². The molecule has 1 aromatic carbocycles. The molecular weight excluding hydrogens is 335 g/mol. The van der Waals surface area contributed by atoms with Gasteiger partial charge in [-0.05, 0) is 43.2 Å². The number of ether oxygens (including phenoxy) is 1. The minimum absolute atomic E-state index is 0.0342. The topological polar surface area (TPSA) is 42.4 Å². The Bertz CT molecular complexity index is 694. The van der Waals surface area contributed by atoms with E-state index in [0.717, 1.165) is 18.6 Å². The highest BCUT2D eigenvalue weighted by molar-refractivity contribution is 6.35. The van der Waals surface area contributed by atoms with E-state index < -0.39 is 0 Å². The van der Waals surface area contributed by atoms with Gasteiger partial charge in [-0.1, -0.05) is 23.2 Å². The predicted molar refractivity (Wildman–Crippen MR) is 90.3 cm³/mol. The van der Waals surface area contributed by atoms with E-state index >= 15 is 0 Å². The summed E-state index contributed by atoms with van der Waals surface area (Å²) in [4.78, 5) is 18.4. The second-order valence-electron chi connectivity index (χ2n) is 5.44. The Kier molecular flexibility index (Phi) is 5.03. The third-order valence-electron chi connectivity index (χ3n) is 3.78. The first-order chi connectivity index (χ1) is 11.1. The van der Waals surface area contributed by atoms with Crippen LogP contribution in [0.4, 0.5) is 0 Å². The third-order valence-corrected chi connectivity index (χ3v) is 4.34. The molecule has 3 rings (SSSR count). The molecule has 1 amide bonds. The van der Waals surface area contributed by atoms with Gasteiger partial charge in [0, 0.05) is 24.0 Å². The molecule has 1 aliphatic heterocycles. The normalized spacial score (nSPS) is 17.8. The van der Waals surface area contributed by atoms with Crippen LogP contribution < -0.4 is 4.74 Å². The smallest absolute Gasteiger partial charge is 0.255 e. The van der Waals surface area contributed by atoms with E-state index in [1.54, 1.807) is 35.5 Å². The summed E-state index contributed by atoms with van der Waals surface area (Å²) in [5.74, 6) is 0.653. The number of piperidine rings is 1. The minimum Gasteiger partial charge on any atom is -0.488 e. The number of nitrogens with zero attached hydrogens (tertiary/aromatic N) is 2. The molecule has 4 nitrogen and oxygen atoms in total. The van der Waals surface area contributed by atoms with Crippen LogP contribution in [0.5, 0.6) is 5.75 Å². The fourth-order valence-corrected chi connectivity index (χ4v) is 3.03. The molecule has 6 heteroatoms. The van der Waals surface area contributed by atoms with E-state index in [4.69, 9.17) is 27.9 Å². The Hall–Kier alpha value is -1.78. The molecular formula is C17H16Cl2N2O2. The lowest BCUT2D eigenvalue weighted by molar-refractivity contribution is 0.0538. The van der Waals surface area contributed by atoms with Crippen LogP contribution in [0.3, 0.4) is 0 Å². The van der Waals surface area contributed by atoms with E-state index in [2.05, 4.69) is 4.98 Å². The van der Waals surface area contributed by atoms with Crippen molar-refractivity contribution in [1.29, 1.82) is 0 Å². The van der Waals surface area contributed by atoms with Crippen LogP contribution in [-0.2, 0) is 0 Å². The van der Waals surface area contributed by atoms with Crippen molar-refractivity contribution in [2.24, 2.45) is 0 Å². The van der Waals surface area contributed by atoms with Gasteiger partial charge in [0.05, 0.1) is 17.1 Å². The van der Waals surface area contributed by atoms with Crippen molar-refractivity contribution in [2.75, 3.05) is 13.1 Å². The molecule has 1 saturated heterocycles. The fraction of sp³-hybridized carbons (Fsp3) is 0.294. The first-order valence-corrected chi connectivity index (χ1v) is 8.20. The van der Waals surface area contributed by atoms with Crippen molar-refractivity contribution < 1.29 is 9.53 Å². The number of likely N-dealkylation sites (tertiary alicyclic amines) is 1. The van der Waals surface area contributed by atoms with Gasteiger partial charge >= 0.3 is 0 Å². The summed E-state index contributed by atoms with van der Waals surface area (Å²) in [5, 5.41) is 0.913. The van der Waals surface area contributed by atoms with Crippen molar-refractivity contribution in [3.63, 3.8) is 0 Å². The molecule has 0 radical (unpaired) electrons. The van der Waals surface area contributed by atoms with Gasteiger partial charge in [-0.3, -0.25) is 9.78 Å². The predicted octanol–water partition coefficient (Wildman–Crippen LogP) is 4.07. The summed E-state index contributed by atoms with van der Waals surface area (Å²) in [6.45, 7) is 1.22. The number of pyridine rings is 1. The Morgan fingerprint density at radius 3 is 2.78 bits per heavy atom. The highest BCUT2D eigenvalue weighted by Crippen LogP contribution is 2.24. The molecule has 2 heterocycles. The van der Waals surface area contributed by atoms with Crippen molar-refractivity contribution in [3.8, 4) is 5.75 Å². The van der Waals surface area contributed by atoms with Gasteiger partial charge < -0.3 is 9.64 Å². The molecule has 23 heavy (non-hydrogen) atoms. The standard InChI is InChI=1S/C17H16Cl2N2O2/c18-12-3-4-16(19)15(10-12)17(22)21-9-1-2-14(11-21)23-13-5-7-20-8-6-13/h3-8,10,14H,1-2,9,11H2. The first-order valence-electron chi connectivity index (χ1n) is 7.44. The van der Waals surface area contributed by atoms with Gasteiger partial charge in [-0.15, -0.1) is 0 Å². The number of benzene rings is 1. The number of hydrogen-bond donors (Lipinski definition) is 0. The van der Waals surface area contributed by atoms with Crippen LogP contribution in [-0.4, -0.2) is 35.0 Å². The van der Waals surface area contributed by atoms with Crippen LogP contribution in [0.2, 0.25) is 10.0 Å². The summed E-state index contributed by atoms with van der Waals surface area (Å²) < 4.78 is 5.93. The molecule has 1 atom stereocenters. The Morgan fingerprint density at radius 1 is 1.22 bits per heavy atom. The Labute approximate surface area is 145 Å². The maximum Gasteiger partial charge on any atom is 0.255 e. The zero-order chi connectivity index (χ0) is 16.2. The molecule has 1 aromatic heterocycles. The van der Waals surface area contributed by atoms with Gasteiger partial charge in [0.2, 0.25) is 0 Å². The number of carbonyl (C=O) groups is 1. The first kappa shape index (κ1) is 16.1. The summed E-state index contributed by atoms with van der Waals surface area (Å²) in [5.41, 5.74) is 0.434. The molecule has 0 bridgehead atoms. The maximum absolute atomic E-state index is 12.7. The van der Waals surface area contributed by atoms with Gasteiger partial charge in [0.25, 0.3) is 5.91 Å². The van der Waals surface area contributed by atoms with Gasteiger partial charge in [0.15, 0.2) is 0 Å². The number of carbonyl (C=O) groups excluding carboxylic acids is 1. The van der Waals surface area contributed by atoms with Crippen molar-refractivity contribution in [2.45, 2.75) is 18.9 Å². The van der Waals surface area contributed by atoms with Crippen LogP contribution in [0, 0.1) is 0 Å². The van der Waals surface area contributed by atoms with Gasteiger partial charge in [-0.25, -0.2) is 0 Å². The number of halogens is 2. The largest absolute Gasteiger partial charge is 0.488 e. The second-order valence-corrected chi connectivity index (χ2v) is 6.28. The molecule has 0 spiro atoms. The van der Waals surface area contributed by atoms with E-state index in [0.29, 0.717) is 28.7 Å². The van der Waals surface area contributed by atoms with E-state index in [1.807, 2.05) is 12.1 Å². The zero-order valence-electron chi connectivity index (χ0n) is 12.4. The Balaban J connectivity index is 1.70. The minimum atomic E-state index is -0.111. The molecule has 0 N–H and O–H groups in total. The van der Waals surface area contributed by atoms with Crippen LogP contribution >= 0.6 is 23.2 Å². The van der Waals surface area contributed by atoms with Crippen molar-refractivity contribution in [1.82, 2.24) is 9.88 Å².